The Hall–Kier alpha value is -2.11. The molecule has 1 fully saturated rings. The summed E-state index contributed by atoms with van der Waals surface area (Å²) in [6, 6.07) is 2.72. The number of nitrogens with zero attached hydrogens (tertiary/aromatic N) is 1. The zero-order valence-corrected chi connectivity index (χ0v) is 12.1. The lowest BCUT2D eigenvalue weighted by molar-refractivity contribution is -0.119. The highest BCUT2D eigenvalue weighted by Gasteiger charge is 2.30. The van der Waals surface area contributed by atoms with E-state index in [1.165, 1.54) is 17.0 Å². The van der Waals surface area contributed by atoms with Crippen molar-refractivity contribution in [3.8, 4) is 0 Å². The summed E-state index contributed by atoms with van der Waals surface area (Å²) in [4.78, 5) is 25.2. The van der Waals surface area contributed by atoms with Gasteiger partial charge in [-0.1, -0.05) is 12.8 Å². The predicted molar refractivity (Wildman–Crippen MR) is 78.0 cm³/mol. The van der Waals surface area contributed by atoms with E-state index >= 15 is 0 Å². The second-order valence-electron chi connectivity index (χ2n) is 5.54. The molecule has 0 unspecified atom stereocenters. The molecule has 0 bridgehead atoms. The number of halogens is 1. The van der Waals surface area contributed by atoms with Crippen LogP contribution in [0.25, 0.3) is 0 Å². The molecule has 2 rings (SSSR count). The maximum absolute atomic E-state index is 14.2. The lowest BCUT2D eigenvalue weighted by Gasteiger charge is -2.28. The predicted octanol–water partition coefficient (Wildman–Crippen LogP) is 1.59. The van der Waals surface area contributed by atoms with Crippen molar-refractivity contribution in [3.63, 3.8) is 0 Å². The molecule has 0 spiro atoms. The highest BCUT2D eigenvalue weighted by molar-refractivity contribution is 5.97. The summed E-state index contributed by atoms with van der Waals surface area (Å²) >= 11 is 0. The van der Waals surface area contributed by atoms with Crippen LogP contribution in [0.15, 0.2) is 12.1 Å². The second kappa shape index (κ2) is 6.11. The lowest BCUT2D eigenvalue weighted by Crippen LogP contribution is -2.44. The van der Waals surface area contributed by atoms with Gasteiger partial charge in [-0.2, -0.15) is 0 Å². The Kier molecular flexibility index (Phi) is 4.45. The monoisotopic (exact) mass is 293 g/mol. The zero-order valence-electron chi connectivity index (χ0n) is 12.1. The Morgan fingerprint density at radius 3 is 2.52 bits per heavy atom. The maximum Gasteiger partial charge on any atom is 0.257 e. The van der Waals surface area contributed by atoms with E-state index in [1.807, 2.05) is 0 Å². The minimum absolute atomic E-state index is 0.0638. The number of carbonyl (C=O) groups is 2. The molecule has 6 heteroatoms. The quantitative estimate of drug-likeness (QED) is 0.826. The number of nitrogen functional groups attached to an aromatic ring is 1. The molecule has 5 nitrogen and oxygen atoms in total. The maximum atomic E-state index is 14.2. The number of rotatable bonds is 4. The topological polar surface area (TPSA) is 89.4 Å². The molecular formula is C15H20FN3O2. The fourth-order valence-corrected chi connectivity index (χ4v) is 2.86. The van der Waals surface area contributed by atoms with Gasteiger partial charge in [-0.05, 0) is 37.5 Å². The number of aryl methyl sites for hydroxylation is 1. The molecule has 1 aliphatic carbocycles. The fraction of sp³-hybridized carbons (Fsp3) is 0.467. The summed E-state index contributed by atoms with van der Waals surface area (Å²) in [5, 5.41) is 0. The first-order valence-corrected chi connectivity index (χ1v) is 7.05. The average Bonchev–Trinajstić information content (AvgIpc) is 2.93. The number of nitrogens with two attached hydrogens (primary N) is 2. The van der Waals surface area contributed by atoms with Crippen LogP contribution < -0.4 is 11.5 Å². The first-order valence-electron chi connectivity index (χ1n) is 7.05. The third kappa shape index (κ3) is 3.32. The molecule has 0 heterocycles. The standard InChI is InChI=1S/C15H20FN3O2/c1-9-6-10(17)7-12(14(9)16)15(21)19(8-13(18)20)11-4-2-3-5-11/h6-7,11H,2-5,8,17H2,1H3,(H2,18,20). The van der Waals surface area contributed by atoms with Gasteiger partial charge in [-0.3, -0.25) is 9.59 Å². The summed E-state index contributed by atoms with van der Waals surface area (Å²) in [5.41, 5.74) is 11.4. The van der Waals surface area contributed by atoms with Crippen LogP contribution >= 0.6 is 0 Å². The molecule has 4 N–H and O–H groups in total. The number of primary amides is 1. The van der Waals surface area contributed by atoms with Crippen molar-refractivity contribution in [3.05, 3.63) is 29.1 Å². The summed E-state index contributed by atoms with van der Waals surface area (Å²) in [6.07, 6.45) is 3.60. The van der Waals surface area contributed by atoms with Gasteiger partial charge in [0.05, 0.1) is 12.1 Å². The molecule has 0 saturated heterocycles. The molecule has 1 aliphatic rings. The third-order valence-electron chi connectivity index (χ3n) is 3.86. The van der Waals surface area contributed by atoms with Crippen LogP contribution in [0, 0.1) is 12.7 Å². The number of amides is 2. The lowest BCUT2D eigenvalue weighted by atomic mass is 10.1. The molecule has 0 atom stereocenters. The van der Waals surface area contributed by atoms with Gasteiger partial charge in [-0.25, -0.2) is 4.39 Å². The molecule has 21 heavy (non-hydrogen) atoms. The van der Waals surface area contributed by atoms with Gasteiger partial charge in [0.1, 0.15) is 5.82 Å². The Labute approximate surface area is 123 Å². The van der Waals surface area contributed by atoms with Crippen molar-refractivity contribution in [1.82, 2.24) is 4.90 Å². The van der Waals surface area contributed by atoms with E-state index < -0.39 is 17.6 Å². The molecule has 0 aliphatic heterocycles. The smallest absolute Gasteiger partial charge is 0.257 e. The van der Waals surface area contributed by atoms with Gasteiger partial charge in [0, 0.05) is 11.7 Å². The SMILES string of the molecule is Cc1cc(N)cc(C(=O)N(CC(N)=O)C2CCCC2)c1F. The van der Waals surface area contributed by atoms with Crippen LogP contribution in [0.3, 0.4) is 0 Å². The molecule has 2 amide bonds. The molecule has 0 radical (unpaired) electrons. The number of hydrogen-bond acceptors (Lipinski definition) is 3. The van der Waals surface area contributed by atoms with E-state index in [-0.39, 0.29) is 18.2 Å². The Morgan fingerprint density at radius 1 is 1.33 bits per heavy atom. The molecule has 0 aromatic heterocycles. The van der Waals surface area contributed by atoms with Crippen molar-refractivity contribution >= 4 is 17.5 Å². The fourth-order valence-electron chi connectivity index (χ4n) is 2.86. The summed E-state index contributed by atoms with van der Waals surface area (Å²) < 4.78 is 14.2. The molecular weight excluding hydrogens is 273 g/mol. The van der Waals surface area contributed by atoms with Crippen LogP contribution in [0.5, 0.6) is 0 Å². The Balaban J connectivity index is 2.35. The molecule has 1 aromatic rings. The number of benzene rings is 1. The highest BCUT2D eigenvalue weighted by atomic mass is 19.1. The van der Waals surface area contributed by atoms with Gasteiger partial charge in [0.15, 0.2) is 0 Å². The van der Waals surface area contributed by atoms with E-state index in [4.69, 9.17) is 11.5 Å². The first-order chi connectivity index (χ1) is 9.90. The van der Waals surface area contributed by atoms with E-state index in [9.17, 15) is 14.0 Å². The summed E-state index contributed by atoms with van der Waals surface area (Å²) in [5.74, 6) is -1.72. The number of anilines is 1. The van der Waals surface area contributed by atoms with Crippen LogP contribution in [0.1, 0.15) is 41.6 Å². The minimum atomic E-state index is -0.601. The van der Waals surface area contributed by atoms with Gasteiger partial charge in [0.2, 0.25) is 5.91 Å². The van der Waals surface area contributed by atoms with E-state index in [0.717, 1.165) is 25.7 Å². The van der Waals surface area contributed by atoms with Crippen LogP contribution in [-0.4, -0.2) is 29.3 Å². The average molecular weight is 293 g/mol. The van der Waals surface area contributed by atoms with E-state index in [1.54, 1.807) is 6.92 Å². The first kappa shape index (κ1) is 15.3. The van der Waals surface area contributed by atoms with Crippen molar-refractivity contribution < 1.29 is 14.0 Å². The molecule has 1 aromatic carbocycles. The highest BCUT2D eigenvalue weighted by Crippen LogP contribution is 2.26. The Morgan fingerprint density at radius 2 is 1.95 bits per heavy atom. The second-order valence-corrected chi connectivity index (χ2v) is 5.54. The summed E-state index contributed by atoms with van der Waals surface area (Å²) in [7, 11) is 0. The number of carbonyl (C=O) groups excluding carboxylic acids is 2. The van der Waals surface area contributed by atoms with Gasteiger partial charge < -0.3 is 16.4 Å². The molecule has 114 valence electrons. The largest absolute Gasteiger partial charge is 0.399 e. The van der Waals surface area contributed by atoms with Gasteiger partial charge >= 0.3 is 0 Å². The van der Waals surface area contributed by atoms with Crippen molar-refractivity contribution in [2.75, 3.05) is 12.3 Å². The van der Waals surface area contributed by atoms with Crippen LogP contribution in [0.4, 0.5) is 10.1 Å². The van der Waals surface area contributed by atoms with Crippen molar-refractivity contribution in [2.24, 2.45) is 5.73 Å². The van der Waals surface area contributed by atoms with E-state index in [2.05, 4.69) is 0 Å². The van der Waals surface area contributed by atoms with E-state index in [0.29, 0.717) is 11.3 Å². The van der Waals surface area contributed by atoms with Gasteiger partial charge in [0.25, 0.3) is 5.91 Å². The van der Waals surface area contributed by atoms with Crippen molar-refractivity contribution in [1.29, 1.82) is 0 Å². The Bertz CT molecular complexity index is 568. The van der Waals surface area contributed by atoms with Crippen LogP contribution in [0.2, 0.25) is 0 Å². The summed E-state index contributed by atoms with van der Waals surface area (Å²) in [6.45, 7) is 1.35. The van der Waals surface area contributed by atoms with Crippen molar-refractivity contribution in [2.45, 2.75) is 38.6 Å². The van der Waals surface area contributed by atoms with Crippen LogP contribution in [-0.2, 0) is 4.79 Å². The number of hydrogen-bond donors (Lipinski definition) is 2. The minimum Gasteiger partial charge on any atom is -0.399 e. The normalized spacial score (nSPS) is 15.1. The molecule has 1 saturated carbocycles. The zero-order chi connectivity index (χ0) is 15.6. The third-order valence-corrected chi connectivity index (χ3v) is 3.86. The van der Waals surface area contributed by atoms with Gasteiger partial charge in [-0.15, -0.1) is 0 Å².